The molecule has 0 aromatic carbocycles. The second kappa shape index (κ2) is 3.59. The van der Waals surface area contributed by atoms with Gasteiger partial charge in [-0.2, -0.15) is 5.10 Å². The van der Waals surface area contributed by atoms with E-state index in [9.17, 15) is 0 Å². The van der Waals surface area contributed by atoms with Gasteiger partial charge in [0.2, 0.25) is 4.77 Å². The summed E-state index contributed by atoms with van der Waals surface area (Å²) in [5.74, 6) is 0. The van der Waals surface area contributed by atoms with Crippen LogP contribution in [-0.2, 0) is 13.0 Å². The Morgan fingerprint density at radius 2 is 2.39 bits per heavy atom. The molecule has 4 heterocycles. The molecule has 0 unspecified atom stereocenters. The van der Waals surface area contributed by atoms with Crippen LogP contribution in [0.4, 0.5) is 0 Å². The summed E-state index contributed by atoms with van der Waals surface area (Å²) in [6, 6.07) is 0. The van der Waals surface area contributed by atoms with E-state index >= 15 is 0 Å². The number of nitrogens with zero attached hydrogens (tertiary/aromatic N) is 4. The molecule has 3 aromatic rings. The maximum absolute atomic E-state index is 5.20. The Kier molecular flexibility index (Phi) is 2.12. The Morgan fingerprint density at radius 1 is 1.50 bits per heavy atom. The van der Waals surface area contributed by atoms with Crippen molar-refractivity contribution in [2.45, 2.75) is 13.0 Å². The third kappa shape index (κ3) is 1.32. The second-order valence-electron chi connectivity index (χ2n) is 4.64. The van der Waals surface area contributed by atoms with Gasteiger partial charge in [-0.3, -0.25) is 9.50 Å². The van der Waals surface area contributed by atoms with Crippen LogP contribution in [0, 0.1) is 4.77 Å². The fourth-order valence-electron chi connectivity index (χ4n) is 2.54. The molecule has 4 rings (SSSR count). The van der Waals surface area contributed by atoms with Crippen molar-refractivity contribution < 1.29 is 0 Å². The first-order valence-corrected chi connectivity index (χ1v) is 7.01. The number of hydrogen-bond donors (Lipinski definition) is 1. The van der Waals surface area contributed by atoms with Crippen molar-refractivity contribution in [2.24, 2.45) is 0 Å². The van der Waals surface area contributed by atoms with E-state index in [0.29, 0.717) is 4.77 Å². The number of fused-ring (bicyclic) bond motifs is 5. The van der Waals surface area contributed by atoms with E-state index in [1.54, 1.807) is 17.7 Å². The van der Waals surface area contributed by atoms with Crippen LogP contribution in [-0.4, -0.2) is 38.1 Å². The molecule has 0 saturated carbocycles. The summed E-state index contributed by atoms with van der Waals surface area (Å²) >= 11 is 6.97. The van der Waals surface area contributed by atoms with E-state index in [2.05, 4.69) is 27.1 Å². The van der Waals surface area contributed by atoms with Gasteiger partial charge in [-0.25, -0.2) is 4.98 Å². The number of thiophene rings is 1. The summed E-state index contributed by atoms with van der Waals surface area (Å²) in [4.78, 5) is 9.32. The van der Waals surface area contributed by atoms with Crippen LogP contribution in [0.25, 0.3) is 15.9 Å². The fraction of sp³-hybridized carbons (Fsp3) is 0.364. The number of rotatable bonds is 0. The predicted octanol–water partition coefficient (Wildman–Crippen LogP) is 1.99. The lowest BCUT2D eigenvalue weighted by Crippen LogP contribution is -2.25. The van der Waals surface area contributed by atoms with Crippen LogP contribution < -0.4 is 0 Å². The maximum atomic E-state index is 5.20. The minimum Gasteiger partial charge on any atom is -0.301 e. The topological polar surface area (TPSA) is 49.2 Å². The molecule has 0 radical (unpaired) electrons. The van der Waals surface area contributed by atoms with Crippen molar-refractivity contribution in [1.82, 2.24) is 24.5 Å². The summed E-state index contributed by atoms with van der Waals surface area (Å²) in [5, 5.41) is 8.37. The van der Waals surface area contributed by atoms with Gasteiger partial charge in [0.05, 0.1) is 5.39 Å². The Balaban J connectivity index is 2.15. The smallest absolute Gasteiger partial charge is 0.200 e. The van der Waals surface area contributed by atoms with Gasteiger partial charge in [0.1, 0.15) is 11.2 Å². The van der Waals surface area contributed by atoms with Crippen molar-refractivity contribution in [2.75, 3.05) is 13.6 Å². The largest absolute Gasteiger partial charge is 0.301 e. The zero-order chi connectivity index (χ0) is 12.3. The Labute approximate surface area is 112 Å². The number of nitrogens with one attached hydrogen (secondary N) is 1. The molecule has 18 heavy (non-hydrogen) atoms. The van der Waals surface area contributed by atoms with Crippen LogP contribution in [0.1, 0.15) is 10.4 Å². The zero-order valence-electron chi connectivity index (χ0n) is 9.80. The second-order valence-corrected chi connectivity index (χ2v) is 6.11. The number of hydrogen-bond acceptors (Lipinski definition) is 5. The number of aromatic amines is 1. The van der Waals surface area contributed by atoms with Gasteiger partial charge in [0, 0.05) is 18.0 Å². The third-order valence-electron chi connectivity index (χ3n) is 3.45. The highest BCUT2D eigenvalue weighted by molar-refractivity contribution is 7.71. The molecule has 5 nitrogen and oxygen atoms in total. The Bertz CT molecular complexity index is 812. The molecule has 92 valence electrons. The summed E-state index contributed by atoms with van der Waals surface area (Å²) in [6.07, 6.45) is 2.82. The molecule has 0 atom stereocenters. The predicted molar refractivity (Wildman–Crippen MR) is 73.6 cm³/mol. The van der Waals surface area contributed by atoms with E-state index in [1.165, 1.54) is 15.8 Å². The first-order valence-electron chi connectivity index (χ1n) is 5.78. The minimum absolute atomic E-state index is 0.604. The van der Waals surface area contributed by atoms with Gasteiger partial charge in [0.15, 0.2) is 5.65 Å². The third-order valence-corrected chi connectivity index (χ3v) is 4.86. The summed E-state index contributed by atoms with van der Waals surface area (Å²) in [6.45, 7) is 2.10. The fourth-order valence-corrected chi connectivity index (χ4v) is 3.98. The number of aromatic nitrogens is 4. The molecule has 0 aliphatic carbocycles. The Morgan fingerprint density at radius 3 is 3.28 bits per heavy atom. The van der Waals surface area contributed by atoms with E-state index < -0.39 is 0 Å². The highest BCUT2D eigenvalue weighted by Gasteiger charge is 2.21. The first kappa shape index (κ1) is 10.6. The average Bonchev–Trinajstić information content (AvgIpc) is 2.89. The normalized spacial score (nSPS) is 16.5. The van der Waals surface area contributed by atoms with Crippen LogP contribution in [0.5, 0.6) is 0 Å². The summed E-state index contributed by atoms with van der Waals surface area (Å²) < 4.78 is 2.45. The van der Waals surface area contributed by atoms with Gasteiger partial charge in [-0.15, -0.1) is 11.3 Å². The van der Waals surface area contributed by atoms with Crippen LogP contribution >= 0.6 is 23.6 Å². The molecule has 0 fully saturated rings. The molecule has 1 aliphatic heterocycles. The van der Waals surface area contributed by atoms with Gasteiger partial charge < -0.3 is 4.90 Å². The van der Waals surface area contributed by atoms with Gasteiger partial charge in [-0.05, 0) is 31.2 Å². The molecular formula is C11H11N5S2. The lowest BCUT2D eigenvalue weighted by Gasteiger charge is -2.21. The molecule has 3 aromatic heterocycles. The van der Waals surface area contributed by atoms with Crippen molar-refractivity contribution in [3.63, 3.8) is 0 Å². The van der Waals surface area contributed by atoms with E-state index in [4.69, 9.17) is 12.2 Å². The number of likely N-dealkylation sites (N-methyl/N-ethyl adjacent to an activating group) is 1. The van der Waals surface area contributed by atoms with Crippen LogP contribution in [0.15, 0.2) is 6.33 Å². The van der Waals surface area contributed by atoms with Crippen molar-refractivity contribution in [3.05, 3.63) is 21.5 Å². The van der Waals surface area contributed by atoms with E-state index in [1.807, 2.05) is 4.40 Å². The van der Waals surface area contributed by atoms with E-state index in [-0.39, 0.29) is 0 Å². The van der Waals surface area contributed by atoms with Gasteiger partial charge >= 0.3 is 0 Å². The van der Waals surface area contributed by atoms with Crippen LogP contribution in [0.2, 0.25) is 0 Å². The molecule has 0 saturated heterocycles. The monoisotopic (exact) mass is 277 g/mol. The molecule has 0 amide bonds. The lowest BCUT2D eigenvalue weighted by molar-refractivity contribution is 0.318. The van der Waals surface area contributed by atoms with Crippen molar-refractivity contribution in [3.8, 4) is 0 Å². The maximum Gasteiger partial charge on any atom is 0.200 e. The first-order chi connectivity index (χ1) is 8.74. The number of H-pyrrole nitrogens is 1. The summed E-state index contributed by atoms with van der Waals surface area (Å²) in [5.41, 5.74) is 2.31. The summed E-state index contributed by atoms with van der Waals surface area (Å²) in [7, 11) is 2.15. The lowest BCUT2D eigenvalue weighted by atomic mass is 10.1. The van der Waals surface area contributed by atoms with Crippen molar-refractivity contribution in [1.29, 1.82) is 0 Å². The molecule has 1 aliphatic rings. The highest BCUT2D eigenvalue weighted by Crippen LogP contribution is 2.35. The standard InChI is InChI=1S/C11H11N5S2/c1-15-3-2-6-7(4-15)18-10-8(6)9-13-14-11(17)16(9)5-12-10/h5H,2-4H2,1H3,(H,14,17). The molecule has 7 heteroatoms. The minimum atomic E-state index is 0.604. The molecule has 1 N–H and O–H groups in total. The van der Waals surface area contributed by atoms with Crippen LogP contribution in [0.3, 0.4) is 0 Å². The molecular weight excluding hydrogens is 266 g/mol. The zero-order valence-corrected chi connectivity index (χ0v) is 11.4. The average molecular weight is 277 g/mol. The van der Waals surface area contributed by atoms with Gasteiger partial charge in [-0.1, -0.05) is 0 Å². The van der Waals surface area contributed by atoms with E-state index in [0.717, 1.165) is 30.0 Å². The Hall–Kier alpha value is -1.31. The highest BCUT2D eigenvalue weighted by atomic mass is 32.1. The van der Waals surface area contributed by atoms with Gasteiger partial charge in [0.25, 0.3) is 0 Å². The quantitative estimate of drug-likeness (QED) is 0.638. The SMILES string of the molecule is CN1CCc2c(sc3ncn4c(=S)[nH]nc4c23)C1. The molecule has 0 bridgehead atoms. The molecule has 0 spiro atoms. The van der Waals surface area contributed by atoms with Crippen molar-refractivity contribution >= 4 is 39.4 Å².